The maximum absolute atomic E-state index is 8.29. The third-order valence-electron chi connectivity index (χ3n) is 4.32. The topological polar surface area (TPSA) is 35.8 Å². The highest BCUT2D eigenvalue weighted by molar-refractivity contribution is 5.27. The van der Waals surface area contributed by atoms with Crippen molar-refractivity contribution in [3.05, 3.63) is 35.9 Å². The molecule has 142 valence electrons. The summed E-state index contributed by atoms with van der Waals surface area (Å²) in [5.41, 5.74) is 0.715. The number of benzene rings is 1. The number of nitrogens with zero attached hydrogens (tertiary/aromatic N) is 1. The third-order valence-corrected chi connectivity index (χ3v) is 4.32. The number of hydrogen-bond acceptors (Lipinski definition) is 2. The largest absolute Gasteiger partial charge is 0.317 e. The molecule has 0 atom stereocenters. The van der Waals surface area contributed by atoms with Gasteiger partial charge in [0.25, 0.3) is 0 Å². The molecular weight excluding hydrogens is 304 g/mol. The third kappa shape index (κ3) is 18.8. The van der Waals surface area contributed by atoms with E-state index in [-0.39, 0.29) is 0 Å². The molecule has 0 aliphatic heterocycles. The zero-order valence-corrected chi connectivity index (χ0v) is 16.7. The summed E-state index contributed by atoms with van der Waals surface area (Å²) in [6, 6.07) is 11.2. The molecule has 2 heteroatoms. The SMILES string of the molecule is CCCCCCCCNCCCCCCCC.N#Cc1ccccc1. The number of hydrogen-bond donors (Lipinski definition) is 1. The summed E-state index contributed by atoms with van der Waals surface area (Å²) in [4.78, 5) is 0. The summed E-state index contributed by atoms with van der Waals surface area (Å²) < 4.78 is 0. The summed E-state index contributed by atoms with van der Waals surface area (Å²) >= 11 is 0. The van der Waals surface area contributed by atoms with Gasteiger partial charge in [-0.15, -0.1) is 0 Å². The van der Waals surface area contributed by atoms with Crippen molar-refractivity contribution >= 4 is 0 Å². The lowest BCUT2D eigenvalue weighted by Gasteiger charge is -2.04. The monoisotopic (exact) mass is 344 g/mol. The van der Waals surface area contributed by atoms with Crippen molar-refractivity contribution in [2.75, 3.05) is 13.1 Å². The van der Waals surface area contributed by atoms with E-state index in [1.807, 2.05) is 24.3 Å². The van der Waals surface area contributed by atoms with E-state index in [0.29, 0.717) is 5.56 Å². The Labute approximate surface area is 157 Å². The van der Waals surface area contributed by atoms with E-state index < -0.39 is 0 Å². The van der Waals surface area contributed by atoms with Crippen LogP contribution in [-0.2, 0) is 0 Å². The van der Waals surface area contributed by atoms with E-state index in [1.54, 1.807) is 12.1 Å². The Bertz CT molecular complexity index is 380. The number of nitrogens with one attached hydrogen (secondary N) is 1. The predicted octanol–water partition coefficient (Wildman–Crippen LogP) is 6.86. The second kappa shape index (κ2) is 20.7. The second-order valence-corrected chi connectivity index (χ2v) is 6.76. The lowest BCUT2D eigenvalue weighted by atomic mass is 10.1. The van der Waals surface area contributed by atoms with Crippen molar-refractivity contribution < 1.29 is 0 Å². The van der Waals surface area contributed by atoms with Gasteiger partial charge in [-0.2, -0.15) is 5.26 Å². The molecule has 1 aromatic rings. The molecule has 0 aliphatic rings. The van der Waals surface area contributed by atoms with Crippen molar-refractivity contribution in [2.24, 2.45) is 0 Å². The van der Waals surface area contributed by atoms with Crippen LogP contribution in [0.3, 0.4) is 0 Å². The van der Waals surface area contributed by atoms with E-state index in [2.05, 4.69) is 19.2 Å². The van der Waals surface area contributed by atoms with Crippen LogP contribution in [0.4, 0.5) is 0 Å². The predicted molar refractivity (Wildman–Crippen MR) is 111 cm³/mol. The Balaban J connectivity index is 0.000000593. The lowest BCUT2D eigenvalue weighted by Crippen LogP contribution is -2.16. The Morgan fingerprint density at radius 1 is 0.680 bits per heavy atom. The first kappa shape index (κ1) is 23.7. The minimum atomic E-state index is 0.715. The Hall–Kier alpha value is -1.33. The molecule has 0 bridgehead atoms. The molecular formula is C23H40N2. The molecule has 0 saturated heterocycles. The van der Waals surface area contributed by atoms with Crippen LogP contribution in [0.25, 0.3) is 0 Å². The van der Waals surface area contributed by atoms with E-state index in [1.165, 1.54) is 90.1 Å². The highest BCUT2D eigenvalue weighted by Gasteiger charge is 1.92. The average molecular weight is 345 g/mol. The molecule has 0 unspecified atom stereocenters. The van der Waals surface area contributed by atoms with Crippen molar-refractivity contribution in [3.8, 4) is 6.07 Å². The first-order valence-corrected chi connectivity index (χ1v) is 10.5. The molecule has 0 fully saturated rings. The summed E-state index contributed by atoms with van der Waals surface area (Å²) in [6.07, 6.45) is 16.9. The molecule has 0 radical (unpaired) electrons. The van der Waals surface area contributed by atoms with E-state index in [4.69, 9.17) is 5.26 Å². The molecule has 0 heterocycles. The first-order chi connectivity index (χ1) is 12.3. The van der Waals surface area contributed by atoms with Crippen molar-refractivity contribution in [3.63, 3.8) is 0 Å². The van der Waals surface area contributed by atoms with Crippen LogP contribution in [-0.4, -0.2) is 13.1 Å². The van der Waals surface area contributed by atoms with Gasteiger partial charge < -0.3 is 5.32 Å². The summed E-state index contributed by atoms with van der Waals surface area (Å²) in [6.45, 7) is 7.03. The van der Waals surface area contributed by atoms with Crippen LogP contribution in [0, 0.1) is 11.3 Å². The lowest BCUT2D eigenvalue weighted by molar-refractivity contribution is 0.543. The molecule has 1 rings (SSSR count). The van der Waals surface area contributed by atoms with Crippen LogP contribution >= 0.6 is 0 Å². The highest BCUT2D eigenvalue weighted by Crippen LogP contribution is 2.05. The van der Waals surface area contributed by atoms with Gasteiger partial charge in [0.15, 0.2) is 0 Å². The molecule has 0 aliphatic carbocycles. The molecule has 2 nitrogen and oxygen atoms in total. The van der Waals surface area contributed by atoms with E-state index in [0.717, 1.165) is 0 Å². The zero-order valence-electron chi connectivity index (χ0n) is 16.7. The minimum Gasteiger partial charge on any atom is -0.317 e. The van der Waals surface area contributed by atoms with Gasteiger partial charge in [-0.05, 0) is 38.1 Å². The minimum absolute atomic E-state index is 0.715. The molecule has 1 aromatic carbocycles. The van der Waals surface area contributed by atoms with Crippen LogP contribution in [0.15, 0.2) is 30.3 Å². The quantitative estimate of drug-likeness (QED) is 0.374. The summed E-state index contributed by atoms with van der Waals surface area (Å²) in [5.74, 6) is 0. The Morgan fingerprint density at radius 2 is 1.12 bits per heavy atom. The van der Waals surface area contributed by atoms with Gasteiger partial charge in [0, 0.05) is 0 Å². The Morgan fingerprint density at radius 3 is 1.52 bits per heavy atom. The van der Waals surface area contributed by atoms with Crippen molar-refractivity contribution in [1.29, 1.82) is 5.26 Å². The van der Waals surface area contributed by atoms with Gasteiger partial charge in [0.2, 0.25) is 0 Å². The number of unbranched alkanes of at least 4 members (excludes halogenated alkanes) is 10. The maximum atomic E-state index is 8.29. The van der Waals surface area contributed by atoms with Crippen LogP contribution in [0.5, 0.6) is 0 Å². The first-order valence-electron chi connectivity index (χ1n) is 10.5. The summed E-state index contributed by atoms with van der Waals surface area (Å²) in [7, 11) is 0. The fourth-order valence-electron chi connectivity index (χ4n) is 2.70. The fourth-order valence-corrected chi connectivity index (χ4v) is 2.70. The number of rotatable bonds is 14. The van der Waals surface area contributed by atoms with Gasteiger partial charge in [-0.3, -0.25) is 0 Å². The van der Waals surface area contributed by atoms with Crippen molar-refractivity contribution in [1.82, 2.24) is 5.32 Å². The van der Waals surface area contributed by atoms with Crippen LogP contribution in [0.2, 0.25) is 0 Å². The molecule has 0 aromatic heterocycles. The molecule has 0 amide bonds. The number of nitriles is 1. The molecule has 0 spiro atoms. The fraction of sp³-hybridized carbons (Fsp3) is 0.696. The van der Waals surface area contributed by atoms with Crippen molar-refractivity contribution in [2.45, 2.75) is 90.9 Å². The van der Waals surface area contributed by atoms with E-state index >= 15 is 0 Å². The zero-order chi connectivity index (χ0) is 18.4. The van der Waals surface area contributed by atoms with Gasteiger partial charge in [-0.25, -0.2) is 0 Å². The molecule has 1 N–H and O–H groups in total. The molecule has 25 heavy (non-hydrogen) atoms. The van der Waals surface area contributed by atoms with Gasteiger partial charge in [-0.1, -0.05) is 96.3 Å². The second-order valence-electron chi connectivity index (χ2n) is 6.76. The van der Waals surface area contributed by atoms with Gasteiger partial charge >= 0.3 is 0 Å². The maximum Gasteiger partial charge on any atom is 0.0991 e. The van der Waals surface area contributed by atoms with Crippen LogP contribution < -0.4 is 5.32 Å². The summed E-state index contributed by atoms with van der Waals surface area (Å²) in [5, 5.41) is 11.9. The Kier molecular flexibility index (Phi) is 19.6. The van der Waals surface area contributed by atoms with Gasteiger partial charge in [0.1, 0.15) is 0 Å². The van der Waals surface area contributed by atoms with E-state index in [9.17, 15) is 0 Å². The highest BCUT2D eigenvalue weighted by atomic mass is 14.8. The van der Waals surface area contributed by atoms with Gasteiger partial charge in [0.05, 0.1) is 11.6 Å². The molecule has 0 saturated carbocycles. The normalized spacial score (nSPS) is 9.96. The average Bonchev–Trinajstić information content (AvgIpc) is 2.67. The smallest absolute Gasteiger partial charge is 0.0991 e. The standard InChI is InChI=1S/C16H35N.C7H5N/c1-3-5-7-9-11-13-15-17-16-14-12-10-8-6-4-2;8-6-7-4-2-1-3-5-7/h17H,3-16H2,1-2H3;1-5H. The van der Waals surface area contributed by atoms with Crippen LogP contribution in [0.1, 0.15) is 96.5 Å².